The summed E-state index contributed by atoms with van der Waals surface area (Å²) in [5, 5.41) is 11.6. The Morgan fingerprint density at radius 2 is 2.12 bits per heavy atom. The number of halogens is 4. The Balaban J connectivity index is 2.52. The largest absolute Gasteiger partial charge is 0.441 e. The number of nitrogens with zero attached hydrogens (tertiary/aromatic N) is 1. The first-order valence-electron chi connectivity index (χ1n) is 4.56. The van der Waals surface area contributed by atoms with Crippen molar-refractivity contribution in [1.29, 1.82) is 5.26 Å². The zero-order valence-corrected chi connectivity index (χ0v) is 10.9. The van der Waals surface area contributed by atoms with E-state index in [1.165, 1.54) is 0 Å². The number of anilines is 1. The Kier molecular flexibility index (Phi) is 5.15. The normalized spacial score (nSPS) is 11.0. The lowest BCUT2D eigenvalue weighted by Gasteiger charge is -2.09. The molecule has 0 atom stereocenters. The third kappa shape index (κ3) is 5.33. The second kappa shape index (κ2) is 6.17. The summed E-state index contributed by atoms with van der Waals surface area (Å²) in [5.41, 5.74) is -3.27. The third-order valence-electron chi connectivity index (χ3n) is 1.79. The molecule has 0 radical (unpaired) electrons. The van der Waals surface area contributed by atoms with E-state index in [4.69, 9.17) is 5.26 Å². The van der Waals surface area contributed by atoms with E-state index in [-0.39, 0.29) is 24.1 Å². The molecule has 0 aromatic heterocycles. The van der Waals surface area contributed by atoms with Gasteiger partial charge in [-0.2, -0.15) is 18.4 Å². The Morgan fingerprint density at radius 1 is 1.41 bits per heavy atom. The van der Waals surface area contributed by atoms with Crippen molar-refractivity contribution in [1.82, 2.24) is 0 Å². The molecule has 0 amide bonds. The molecule has 2 nitrogen and oxygen atoms in total. The van der Waals surface area contributed by atoms with Gasteiger partial charge in [-0.25, -0.2) is 0 Å². The number of nitrogens with one attached hydrogen (secondary N) is 1. The van der Waals surface area contributed by atoms with Crippen molar-refractivity contribution in [2.24, 2.45) is 0 Å². The van der Waals surface area contributed by atoms with Gasteiger partial charge in [0, 0.05) is 16.8 Å². The number of benzene rings is 1. The predicted octanol–water partition coefficient (Wildman–Crippen LogP) is 3.99. The molecular formula is C10H8BrF3N2S. The van der Waals surface area contributed by atoms with Crippen LogP contribution in [0, 0.1) is 11.3 Å². The van der Waals surface area contributed by atoms with Gasteiger partial charge in [0.2, 0.25) is 0 Å². The van der Waals surface area contributed by atoms with Gasteiger partial charge < -0.3 is 5.32 Å². The number of rotatable bonds is 4. The van der Waals surface area contributed by atoms with Crippen molar-refractivity contribution in [3.63, 3.8) is 0 Å². The van der Waals surface area contributed by atoms with Crippen molar-refractivity contribution < 1.29 is 13.2 Å². The van der Waals surface area contributed by atoms with Crippen LogP contribution in [0.2, 0.25) is 0 Å². The van der Waals surface area contributed by atoms with Crippen LogP contribution < -0.4 is 5.32 Å². The highest BCUT2D eigenvalue weighted by atomic mass is 79.9. The first-order valence-corrected chi connectivity index (χ1v) is 6.34. The lowest BCUT2D eigenvalue weighted by molar-refractivity contribution is -0.0327. The lowest BCUT2D eigenvalue weighted by Crippen LogP contribution is -2.10. The number of thioether (sulfide) groups is 1. The number of alkyl halides is 3. The molecule has 17 heavy (non-hydrogen) atoms. The van der Waals surface area contributed by atoms with E-state index in [1.807, 2.05) is 6.07 Å². The second-order valence-electron chi connectivity index (χ2n) is 3.02. The van der Waals surface area contributed by atoms with E-state index >= 15 is 0 Å². The Bertz CT molecular complexity index is 429. The van der Waals surface area contributed by atoms with Crippen LogP contribution >= 0.6 is 27.7 Å². The fourth-order valence-electron chi connectivity index (χ4n) is 1.11. The minimum Gasteiger partial charge on any atom is -0.383 e. The van der Waals surface area contributed by atoms with Gasteiger partial charge in [-0.1, -0.05) is 15.9 Å². The topological polar surface area (TPSA) is 35.8 Å². The van der Waals surface area contributed by atoms with E-state index in [1.54, 1.807) is 18.2 Å². The molecule has 0 spiro atoms. The van der Waals surface area contributed by atoms with Crippen molar-refractivity contribution in [2.75, 3.05) is 17.6 Å². The van der Waals surface area contributed by atoms with Crippen LogP contribution in [-0.2, 0) is 0 Å². The average Bonchev–Trinajstić information content (AvgIpc) is 2.23. The van der Waals surface area contributed by atoms with Gasteiger partial charge in [0.05, 0.1) is 11.3 Å². The molecule has 1 aromatic rings. The fraction of sp³-hybridized carbons (Fsp3) is 0.300. The highest BCUT2D eigenvalue weighted by Crippen LogP contribution is 2.29. The molecule has 0 bridgehead atoms. The molecule has 92 valence electrons. The van der Waals surface area contributed by atoms with E-state index in [0.717, 1.165) is 4.47 Å². The van der Waals surface area contributed by atoms with Crippen molar-refractivity contribution in [2.45, 2.75) is 5.51 Å². The average molecular weight is 325 g/mol. The Labute approximate surface area is 109 Å². The molecule has 0 aliphatic heterocycles. The molecule has 0 aliphatic rings. The minimum atomic E-state index is -4.21. The summed E-state index contributed by atoms with van der Waals surface area (Å²) in [7, 11) is 0. The number of hydrogen-bond donors (Lipinski definition) is 1. The first-order chi connectivity index (χ1) is 7.92. The van der Waals surface area contributed by atoms with Gasteiger partial charge in [0.1, 0.15) is 6.07 Å². The zero-order valence-electron chi connectivity index (χ0n) is 8.51. The summed E-state index contributed by atoms with van der Waals surface area (Å²) in [4.78, 5) is 0. The quantitative estimate of drug-likeness (QED) is 0.851. The van der Waals surface area contributed by atoms with Crippen molar-refractivity contribution >= 4 is 33.4 Å². The summed E-state index contributed by atoms with van der Waals surface area (Å²) in [5.74, 6) is -0.0963. The lowest BCUT2D eigenvalue weighted by atomic mass is 10.2. The predicted molar refractivity (Wildman–Crippen MR) is 65.9 cm³/mol. The van der Waals surface area contributed by atoms with Gasteiger partial charge in [0.25, 0.3) is 0 Å². The van der Waals surface area contributed by atoms with E-state index in [2.05, 4.69) is 21.2 Å². The maximum Gasteiger partial charge on any atom is 0.441 e. The number of nitriles is 1. The van der Waals surface area contributed by atoms with Crippen LogP contribution in [0.15, 0.2) is 22.7 Å². The third-order valence-corrected chi connectivity index (χ3v) is 3.01. The van der Waals surface area contributed by atoms with Crippen molar-refractivity contribution in [3.05, 3.63) is 28.2 Å². The molecule has 7 heteroatoms. The molecule has 1 rings (SSSR count). The van der Waals surface area contributed by atoms with Gasteiger partial charge in [-0.15, -0.1) is 0 Å². The molecule has 0 saturated carbocycles. The molecule has 0 saturated heterocycles. The summed E-state index contributed by atoms with van der Waals surface area (Å²) in [6.45, 7) is 0.148. The van der Waals surface area contributed by atoms with Crippen LogP contribution in [-0.4, -0.2) is 17.8 Å². The highest BCUT2D eigenvalue weighted by Gasteiger charge is 2.27. The summed E-state index contributed by atoms with van der Waals surface area (Å²) < 4.78 is 36.4. The highest BCUT2D eigenvalue weighted by molar-refractivity contribution is 9.10. The van der Waals surface area contributed by atoms with Crippen LogP contribution in [0.25, 0.3) is 0 Å². The summed E-state index contributed by atoms with van der Waals surface area (Å²) in [6, 6.07) is 6.93. The zero-order chi connectivity index (χ0) is 12.9. The molecule has 0 heterocycles. The smallest absolute Gasteiger partial charge is 0.383 e. The Morgan fingerprint density at radius 3 is 2.71 bits per heavy atom. The molecule has 0 fully saturated rings. The van der Waals surface area contributed by atoms with Gasteiger partial charge in [0.15, 0.2) is 0 Å². The SMILES string of the molecule is N#Cc1ccc(Br)cc1NCCSC(F)(F)F. The van der Waals surface area contributed by atoms with Crippen LogP contribution in [0.3, 0.4) is 0 Å². The standard InChI is InChI=1S/C10H8BrF3N2S/c11-8-2-1-7(6-15)9(5-8)16-3-4-17-10(12,13)14/h1-2,5,16H,3-4H2. The van der Waals surface area contributed by atoms with Gasteiger partial charge in [-0.3, -0.25) is 0 Å². The second-order valence-corrected chi connectivity index (χ2v) is 5.10. The molecule has 0 aliphatic carbocycles. The molecular weight excluding hydrogens is 317 g/mol. The minimum absolute atomic E-state index is 0.0867. The van der Waals surface area contributed by atoms with Crippen LogP contribution in [0.5, 0.6) is 0 Å². The molecule has 1 N–H and O–H groups in total. The maximum atomic E-state index is 11.9. The van der Waals surface area contributed by atoms with Crippen LogP contribution in [0.4, 0.5) is 18.9 Å². The molecule has 0 unspecified atom stereocenters. The van der Waals surface area contributed by atoms with Crippen molar-refractivity contribution in [3.8, 4) is 6.07 Å². The van der Waals surface area contributed by atoms with Crippen LogP contribution in [0.1, 0.15) is 5.56 Å². The van der Waals surface area contributed by atoms with E-state index in [9.17, 15) is 13.2 Å². The first kappa shape index (κ1) is 14.2. The Hall–Kier alpha value is -0.870. The van der Waals surface area contributed by atoms with E-state index in [0.29, 0.717) is 11.3 Å². The monoisotopic (exact) mass is 324 g/mol. The van der Waals surface area contributed by atoms with E-state index < -0.39 is 5.51 Å². The fourth-order valence-corrected chi connectivity index (χ4v) is 1.91. The summed E-state index contributed by atoms with van der Waals surface area (Å²) >= 11 is 3.14. The molecule has 1 aromatic carbocycles. The number of hydrogen-bond acceptors (Lipinski definition) is 3. The van der Waals surface area contributed by atoms with Gasteiger partial charge >= 0.3 is 5.51 Å². The maximum absolute atomic E-state index is 11.9. The summed E-state index contributed by atoms with van der Waals surface area (Å²) in [6.07, 6.45) is 0. The van der Waals surface area contributed by atoms with Gasteiger partial charge in [-0.05, 0) is 30.0 Å².